The van der Waals surface area contributed by atoms with E-state index in [-0.39, 0.29) is 30.4 Å². The molecule has 3 aliphatic heterocycles. The van der Waals surface area contributed by atoms with Gasteiger partial charge in [0.25, 0.3) is 11.8 Å². The number of carbonyl (C=O) groups excluding carboxylic acids is 4. The van der Waals surface area contributed by atoms with Crippen molar-refractivity contribution >= 4 is 51.5 Å². The highest BCUT2D eigenvalue weighted by Gasteiger charge is 2.70. The Morgan fingerprint density at radius 3 is 2.19 bits per heavy atom. The zero-order valence-corrected chi connectivity index (χ0v) is 31.5. The van der Waals surface area contributed by atoms with E-state index in [1.807, 2.05) is 128 Å². The molecule has 3 heterocycles. The van der Waals surface area contributed by atoms with Crippen LogP contribution >= 0.6 is 0 Å². The van der Waals surface area contributed by atoms with Crippen LogP contribution in [-0.4, -0.2) is 60.0 Å². The predicted octanol–water partition coefficient (Wildman–Crippen LogP) is 6.88. The van der Waals surface area contributed by atoms with Gasteiger partial charge in [-0.15, -0.1) is 0 Å². The van der Waals surface area contributed by atoms with E-state index < -0.39 is 46.8 Å². The van der Waals surface area contributed by atoms with Crippen molar-refractivity contribution in [2.75, 3.05) is 41.5 Å². The van der Waals surface area contributed by atoms with E-state index in [0.29, 0.717) is 41.1 Å². The number of nitrogens with zero attached hydrogens (tertiary/aromatic N) is 3. The minimum absolute atomic E-state index is 0.0248. The molecule has 0 aromatic heterocycles. The van der Waals surface area contributed by atoms with E-state index in [1.165, 1.54) is 4.90 Å². The first-order chi connectivity index (χ1) is 27.8. The monoisotopic (exact) mass is 758 g/mol. The Kier molecular flexibility index (Phi) is 8.30. The lowest BCUT2D eigenvalue weighted by Crippen LogP contribution is -2.53. The fourth-order valence-electron chi connectivity index (χ4n) is 10.5. The van der Waals surface area contributed by atoms with E-state index in [9.17, 15) is 14.7 Å². The van der Waals surface area contributed by atoms with Gasteiger partial charge in [-0.25, -0.2) is 0 Å². The molecule has 3 saturated heterocycles. The summed E-state index contributed by atoms with van der Waals surface area (Å²) in [7, 11) is 0. The minimum atomic E-state index is -1.48. The molecule has 4 fully saturated rings. The Morgan fingerprint density at radius 1 is 0.737 bits per heavy atom. The molecule has 5 aromatic carbocycles. The molecule has 1 saturated carbocycles. The Labute approximate surface area is 330 Å². The topological polar surface area (TPSA) is 119 Å². The smallest absolute Gasteiger partial charge is 0.260 e. The number of aryl methyl sites for hydroxylation is 1. The molecule has 10 heteroatoms. The summed E-state index contributed by atoms with van der Waals surface area (Å²) >= 11 is 0. The van der Waals surface area contributed by atoms with Gasteiger partial charge in [-0.3, -0.25) is 29.5 Å². The highest BCUT2D eigenvalue weighted by molar-refractivity contribution is 6.22. The number of imide groups is 2. The number of benzene rings is 5. The SMILES string of the molecule is Cc1ccc(NN2C(=O)C3CC4C(=CCC5C(=O)N(c6ccc(N7CCOCC7)cc6)C(=O)C54)C(c4ccc5ccccc5c4O)C3(c3ccccc3)C2=O)cc1. The van der Waals surface area contributed by atoms with Gasteiger partial charge >= 0.3 is 0 Å². The first-order valence-corrected chi connectivity index (χ1v) is 19.8. The van der Waals surface area contributed by atoms with E-state index in [0.717, 1.165) is 40.3 Å². The molecule has 0 bridgehead atoms. The van der Waals surface area contributed by atoms with Crippen LogP contribution in [0, 0.1) is 30.6 Å². The van der Waals surface area contributed by atoms with Gasteiger partial charge in [-0.2, -0.15) is 5.01 Å². The van der Waals surface area contributed by atoms with Gasteiger partial charge in [0.1, 0.15) is 5.75 Å². The van der Waals surface area contributed by atoms with Gasteiger partial charge in [-0.1, -0.05) is 96.1 Å². The van der Waals surface area contributed by atoms with Gasteiger partial charge in [0.05, 0.1) is 47.8 Å². The summed E-state index contributed by atoms with van der Waals surface area (Å²) in [6.07, 6.45) is 2.49. The van der Waals surface area contributed by atoms with Crippen LogP contribution in [0.25, 0.3) is 10.8 Å². The molecule has 0 spiro atoms. The highest BCUT2D eigenvalue weighted by Crippen LogP contribution is 2.65. The number of phenolic OH excluding ortho intramolecular Hbond substituents is 1. The van der Waals surface area contributed by atoms with Crippen LogP contribution < -0.4 is 15.2 Å². The Balaban J connectivity index is 1.12. The number of carbonyl (C=O) groups is 4. The third-order valence-electron chi connectivity index (χ3n) is 13.1. The summed E-state index contributed by atoms with van der Waals surface area (Å²) in [5.41, 5.74) is 6.74. The number of rotatable bonds is 6. The second-order valence-electron chi connectivity index (χ2n) is 15.9. The Morgan fingerprint density at radius 2 is 1.44 bits per heavy atom. The standard InChI is InChI=1S/C47H42N4O6/c1-28-11-14-31(15-12-28)48-51-44(54)39-27-38-35(21-22-36-40(38)45(55)50(43(36)53)33-18-16-32(17-19-33)49-23-25-57-26-24-49)41(47(39,46(51)56)30-8-3-2-4-9-30)37-20-13-29-7-5-6-10-34(29)42(37)52/h2-21,36,38-41,48,52H,22-27H2,1H3. The van der Waals surface area contributed by atoms with Crippen LogP contribution in [0.4, 0.5) is 17.1 Å². The molecule has 5 aliphatic rings. The van der Waals surface area contributed by atoms with Crippen LogP contribution in [0.15, 0.2) is 127 Å². The number of anilines is 3. The molecule has 2 aliphatic carbocycles. The van der Waals surface area contributed by atoms with Crippen molar-refractivity contribution in [3.63, 3.8) is 0 Å². The predicted molar refractivity (Wildman–Crippen MR) is 216 cm³/mol. The van der Waals surface area contributed by atoms with Crippen LogP contribution in [0.1, 0.15) is 35.4 Å². The number of hydrogen-bond acceptors (Lipinski definition) is 8. The molecule has 57 heavy (non-hydrogen) atoms. The minimum Gasteiger partial charge on any atom is -0.507 e. The molecule has 0 radical (unpaired) electrons. The summed E-state index contributed by atoms with van der Waals surface area (Å²) in [6, 6.07) is 35.7. The number of nitrogens with one attached hydrogen (secondary N) is 1. The number of morpholine rings is 1. The maximum atomic E-state index is 15.5. The Bertz CT molecular complexity index is 2480. The van der Waals surface area contributed by atoms with Gasteiger partial charge in [0.2, 0.25) is 11.8 Å². The fraction of sp³-hybridized carbons (Fsp3) is 0.277. The summed E-state index contributed by atoms with van der Waals surface area (Å²) in [5, 5.41) is 14.8. The average Bonchev–Trinajstić information content (AvgIpc) is 3.63. The molecule has 286 valence electrons. The van der Waals surface area contributed by atoms with Crippen LogP contribution in [-0.2, 0) is 29.3 Å². The normalized spacial score (nSPS) is 27.0. The number of hydrazine groups is 1. The summed E-state index contributed by atoms with van der Waals surface area (Å²) in [5.74, 6) is -5.08. The zero-order valence-electron chi connectivity index (χ0n) is 31.5. The zero-order chi connectivity index (χ0) is 39.0. The van der Waals surface area contributed by atoms with E-state index in [1.54, 1.807) is 0 Å². The molecule has 6 atom stereocenters. The van der Waals surface area contributed by atoms with Crippen molar-refractivity contribution in [3.05, 3.63) is 144 Å². The lowest BCUT2D eigenvalue weighted by molar-refractivity contribution is -0.138. The number of fused-ring (bicyclic) bond motifs is 5. The van der Waals surface area contributed by atoms with Crippen molar-refractivity contribution in [1.82, 2.24) is 5.01 Å². The van der Waals surface area contributed by atoms with E-state index in [2.05, 4.69) is 10.3 Å². The Hall–Kier alpha value is -6.26. The number of allylic oxidation sites excluding steroid dienone is 2. The van der Waals surface area contributed by atoms with Crippen LogP contribution in [0.5, 0.6) is 5.75 Å². The summed E-state index contributed by atoms with van der Waals surface area (Å²) in [6.45, 7) is 4.78. The summed E-state index contributed by atoms with van der Waals surface area (Å²) in [4.78, 5) is 63.2. The van der Waals surface area contributed by atoms with Crippen molar-refractivity contribution in [3.8, 4) is 5.75 Å². The summed E-state index contributed by atoms with van der Waals surface area (Å²) < 4.78 is 5.52. The van der Waals surface area contributed by atoms with Crippen LogP contribution in [0.2, 0.25) is 0 Å². The first kappa shape index (κ1) is 35.2. The maximum Gasteiger partial charge on any atom is 0.260 e. The molecule has 10 nitrogen and oxygen atoms in total. The van der Waals surface area contributed by atoms with E-state index in [4.69, 9.17) is 4.74 Å². The lowest BCUT2D eigenvalue weighted by atomic mass is 9.49. The van der Waals surface area contributed by atoms with Crippen molar-refractivity contribution < 1.29 is 29.0 Å². The van der Waals surface area contributed by atoms with Crippen molar-refractivity contribution in [2.45, 2.75) is 31.1 Å². The molecule has 4 amide bonds. The van der Waals surface area contributed by atoms with Gasteiger partial charge in [0, 0.05) is 35.6 Å². The second kappa shape index (κ2) is 13.4. The molecule has 2 N–H and O–H groups in total. The van der Waals surface area contributed by atoms with Crippen molar-refractivity contribution in [1.29, 1.82) is 0 Å². The molecular formula is C47H42N4O6. The molecule has 5 aromatic rings. The first-order valence-electron chi connectivity index (χ1n) is 19.8. The number of amides is 4. The van der Waals surface area contributed by atoms with Gasteiger partial charge in [0.15, 0.2) is 0 Å². The van der Waals surface area contributed by atoms with Gasteiger partial charge < -0.3 is 14.7 Å². The number of aromatic hydroxyl groups is 1. The number of phenols is 1. The molecular weight excluding hydrogens is 717 g/mol. The largest absolute Gasteiger partial charge is 0.507 e. The second-order valence-corrected chi connectivity index (χ2v) is 15.9. The van der Waals surface area contributed by atoms with E-state index >= 15 is 9.59 Å². The quantitative estimate of drug-likeness (QED) is 0.142. The van der Waals surface area contributed by atoms with Gasteiger partial charge in [-0.05, 0) is 73.0 Å². The third-order valence-corrected chi connectivity index (χ3v) is 13.1. The lowest BCUT2D eigenvalue weighted by Gasteiger charge is -2.50. The van der Waals surface area contributed by atoms with Crippen molar-refractivity contribution in [2.24, 2.45) is 23.7 Å². The highest BCUT2D eigenvalue weighted by atomic mass is 16.5. The molecule has 6 unspecified atom stereocenters. The van der Waals surface area contributed by atoms with Crippen LogP contribution in [0.3, 0.4) is 0 Å². The number of ether oxygens (including phenoxy) is 1. The number of hydrogen-bond donors (Lipinski definition) is 2. The third kappa shape index (κ3) is 5.26. The molecule has 10 rings (SSSR count). The fourth-order valence-corrected chi connectivity index (χ4v) is 10.5. The average molecular weight is 759 g/mol. The maximum absolute atomic E-state index is 15.5.